The van der Waals surface area contributed by atoms with Crippen LogP contribution in [-0.2, 0) is 0 Å². The minimum Gasteiger partial charge on any atom is -0.483 e. The molecule has 2 unspecified atom stereocenters. The van der Waals surface area contributed by atoms with E-state index in [0.717, 1.165) is 22.3 Å². The summed E-state index contributed by atoms with van der Waals surface area (Å²) < 4.78 is 19.0. The zero-order chi connectivity index (χ0) is 34.3. The van der Waals surface area contributed by atoms with E-state index < -0.39 is 0 Å². The van der Waals surface area contributed by atoms with Gasteiger partial charge in [0.1, 0.15) is 17.4 Å². The van der Waals surface area contributed by atoms with Crippen LogP contribution in [0.2, 0.25) is 0 Å². The van der Waals surface area contributed by atoms with Crippen LogP contribution in [0.15, 0.2) is 114 Å². The molecule has 248 valence electrons. The molecule has 0 saturated heterocycles. The van der Waals surface area contributed by atoms with Crippen molar-refractivity contribution in [3.05, 3.63) is 126 Å². The lowest BCUT2D eigenvalue weighted by atomic mass is 9.87. The first-order valence-electron chi connectivity index (χ1n) is 18.8. The van der Waals surface area contributed by atoms with Gasteiger partial charge in [-0.1, -0.05) is 119 Å². The fourth-order valence-electron chi connectivity index (χ4n) is 10.7. The lowest BCUT2D eigenvalue weighted by Gasteiger charge is -2.19. The molecule has 6 heterocycles. The van der Waals surface area contributed by atoms with Crippen LogP contribution in [0, 0.1) is 0 Å². The molecule has 5 aromatic heterocycles. The van der Waals surface area contributed by atoms with E-state index in [1.807, 2.05) is 0 Å². The van der Waals surface area contributed by atoms with Gasteiger partial charge in [-0.05, 0) is 41.2 Å². The number of allylic oxidation sites excluding steroid dienone is 2. The Morgan fingerprint density at radius 2 is 1.06 bits per heavy atom. The van der Waals surface area contributed by atoms with Gasteiger partial charge in [0.05, 0.1) is 33.1 Å². The summed E-state index contributed by atoms with van der Waals surface area (Å²) >= 11 is 0. The smallest absolute Gasteiger partial charge is 0.160 e. The highest BCUT2D eigenvalue weighted by Crippen LogP contribution is 2.55. The third-order valence-corrected chi connectivity index (χ3v) is 12.6. The Bertz CT molecular complexity index is 3450. The number of hydrogen-bond donors (Lipinski definition) is 0. The molecule has 0 radical (unpaired) electrons. The SMILES string of the molecule is CC(C)c1c2c3cccc4c5ccc6c7ccccc7oc6c5n(c2c(C(C)C)c2c5cccc6c7ccc8c(c7n(c12)c65)OC1C=CC=CC81)c43. The third-order valence-electron chi connectivity index (χ3n) is 12.6. The molecule has 1 aliphatic heterocycles. The summed E-state index contributed by atoms with van der Waals surface area (Å²) in [6.07, 6.45) is 8.83. The van der Waals surface area contributed by atoms with Crippen molar-refractivity contribution in [2.24, 2.45) is 0 Å². The first-order chi connectivity index (χ1) is 25.5. The molecule has 6 aromatic carbocycles. The summed E-state index contributed by atoms with van der Waals surface area (Å²) in [5, 5.41) is 12.8. The van der Waals surface area contributed by atoms with Crippen molar-refractivity contribution in [1.29, 1.82) is 0 Å². The van der Waals surface area contributed by atoms with E-state index in [2.05, 4.69) is 146 Å². The molecule has 0 N–H and O–H groups in total. The molecular weight excluding hydrogens is 637 g/mol. The van der Waals surface area contributed by atoms with Crippen molar-refractivity contribution in [2.45, 2.75) is 51.6 Å². The van der Waals surface area contributed by atoms with Crippen LogP contribution in [0.25, 0.3) is 98.1 Å². The molecule has 2 atom stereocenters. The second kappa shape index (κ2) is 9.07. The monoisotopic (exact) mass is 670 g/mol. The zero-order valence-corrected chi connectivity index (χ0v) is 29.4. The maximum absolute atomic E-state index is 6.93. The molecule has 2 aliphatic rings. The Morgan fingerprint density at radius 3 is 1.77 bits per heavy atom. The van der Waals surface area contributed by atoms with E-state index in [1.165, 1.54) is 98.3 Å². The van der Waals surface area contributed by atoms with Crippen LogP contribution in [0.1, 0.15) is 62.1 Å². The summed E-state index contributed by atoms with van der Waals surface area (Å²) in [6, 6.07) is 31.6. The first kappa shape index (κ1) is 27.7. The van der Waals surface area contributed by atoms with Crippen LogP contribution < -0.4 is 4.74 Å². The Balaban J connectivity index is 1.33. The summed E-state index contributed by atoms with van der Waals surface area (Å²) in [6.45, 7) is 9.52. The Morgan fingerprint density at radius 1 is 0.500 bits per heavy atom. The van der Waals surface area contributed by atoms with Crippen LogP contribution in [0.5, 0.6) is 5.75 Å². The van der Waals surface area contributed by atoms with Gasteiger partial charge in [-0.15, -0.1) is 0 Å². The Hall–Kier alpha value is -6.00. The van der Waals surface area contributed by atoms with Gasteiger partial charge in [0, 0.05) is 65.3 Å². The quantitative estimate of drug-likeness (QED) is 0.183. The van der Waals surface area contributed by atoms with Gasteiger partial charge >= 0.3 is 0 Å². The molecule has 4 nitrogen and oxygen atoms in total. The standard InChI is InChI=1S/C48H34N2O2/c1-23(2)37-39-33-15-9-13-27-30-20-22-32-26-12-6-8-18-36(26)52-48(32)44(30)50(41(27)33)46(39)38(24(3)4)40-34-16-10-14-28-29-19-21-31-25-11-5-7-17-35(25)51-47(31)43(29)49(42(28)34)45(37)40/h5-25,35H,1-4H3. The van der Waals surface area contributed by atoms with E-state index in [1.54, 1.807) is 0 Å². The van der Waals surface area contributed by atoms with Gasteiger partial charge in [0.2, 0.25) is 0 Å². The van der Waals surface area contributed by atoms with Crippen molar-refractivity contribution in [3.63, 3.8) is 0 Å². The lowest BCUT2D eigenvalue weighted by Crippen LogP contribution is -2.15. The van der Waals surface area contributed by atoms with Gasteiger partial charge in [0.25, 0.3) is 0 Å². The number of aromatic nitrogens is 2. The third kappa shape index (κ3) is 2.95. The minimum atomic E-state index is 0.0273. The first-order valence-corrected chi connectivity index (χ1v) is 18.8. The maximum atomic E-state index is 6.93. The molecule has 0 fully saturated rings. The Labute approximate surface area is 298 Å². The van der Waals surface area contributed by atoms with Crippen molar-refractivity contribution >= 4 is 98.1 Å². The van der Waals surface area contributed by atoms with Crippen LogP contribution in [-0.4, -0.2) is 14.9 Å². The maximum Gasteiger partial charge on any atom is 0.160 e. The average Bonchev–Trinajstić information content (AvgIpc) is 3.99. The van der Waals surface area contributed by atoms with Crippen molar-refractivity contribution in [3.8, 4) is 5.75 Å². The van der Waals surface area contributed by atoms with E-state index in [-0.39, 0.29) is 23.9 Å². The lowest BCUT2D eigenvalue weighted by molar-refractivity contribution is 0.271. The predicted octanol–water partition coefficient (Wildman–Crippen LogP) is 13.1. The highest BCUT2D eigenvalue weighted by atomic mass is 16.5. The van der Waals surface area contributed by atoms with Crippen LogP contribution in [0.4, 0.5) is 0 Å². The second-order valence-corrected chi connectivity index (χ2v) is 15.9. The molecule has 0 saturated carbocycles. The molecule has 52 heavy (non-hydrogen) atoms. The van der Waals surface area contributed by atoms with E-state index in [0.29, 0.717) is 0 Å². The number of rotatable bonds is 2. The van der Waals surface area contributed by atoms with E-state index in [4.69, 9.17) is 9.15 Å². The molecule has 4 heteroatoms. The average molecular weight is 671 g/mol. The number of furan rings is 1. The molecular formula is C48H34N2O2. The minimum absolute atomic E-state index is 0.0273. The summed E-state index contributed by atoms with van der Waals surface area (Å²) in [7, 11) is 0. The topological polar surface area (TPSA) is 31.2 Å². The normalized spacial score (nSPS) is 17.6. The summed E-state index contributed by atoms with van der Waals surface area (Å²) in [5.41, 5.74) is 13.6. The largest absolute Gasteiger partial charge is 0.483 e. The zero-order valence-electron chi connectivity index (χ0n) is 29.4. The van der Waals surface area contributed by atoms with Crippen molar-refractivity contribution < 1.29 is 9.15 Å². The second-order valence-electron chi connectivity index (χ2n) is 15.9. The van der Waals surface area contributed by atoms with E-state index in [9.17, 15) is 0 Å². The van der Waals surface area contributed by atoms with E-state index >= 15 is 0 Å². The predicted molar refractivity (Wildman–Crippen MR) is 217 cm³/mol. The number of ether oxygens (including phenoxy) is 1. The summed E-state index contributed by atoms with van der Waals surface area (Å²) in [4.78, 5) is 0. The molecule has 0 amide bonds. The molecule has 1 aliphatic carbocycles. The van der Waals surface area contributed by atoms with Gasteiger partial charge in [-0.2, -0.15) is 0 Å². The van der Waals surface area contributed by atoms with Gasteiger partial charge in [-0.25, -0.2) is 0 Å². The number of benzene rings is 6. The highest BCUT2D eigenvalue weighted by Gasteiger charge is 2.37. The number of hydrogen-bond acceptors (Lipinski definition) is 2. The fourth-order valence-corrected chi connectivity index (χ4v) is 10.7. The molecule has 11 aromatic rings. The van der Waals surface area contributed by atoms with Crippen molar-refractivity contribution in [1.82, 2.24) is 8.80 Å². The molecule has 0 spiro atoms. The number of nitrogens with zero attached hydrogens (tertiary/aromatic N) is 2. The summed E-state index contributed by atoms with van der Waals surface area (Å²) in [5.74, 6) is 1.78. The number of para-hydroxylation sites is 3. The highest BCUT2D eigenvalue weighted by molar-refractivity contribution is 6.33. The fraction of sp³-hybridized carbons (Fsp3) is 0.167. The van der Waals surface area contributed by atoms with Crippen LogP contribution in [0.3, 0.4) is 0 Å². The molecule has 0 bridgehead atoms. The van der Waals surface area contributed by atoms with Gasteiger partial charge in [0.15, 0.2) is 5.58 Å². The van der Waals surface area contributed by atoms with Gasteiger partial charge in [-0.3, -0.25) is 0 Å². The Kier molecular flexibility index (Phi) is 4.83. The van der Waals surface area contributed by atoms with Gasteiger partial charge < -0.3 is 18.0 Å². The van der Waals surface area contributed by atoms with Crippen molar-refractivity contribution in [2.75, 3.05) is 0 Å². The number of fused-ring (bicyclic) bond motifs is 20. The van der Waals surface area contributed by atoms with Crippen LogP contribution >= 0.6 is 0 Å². The molecule has 13 rings (SSSR count).